The van der Waals surface area contributed by atoms with E-state index in [2.05, 4.69) is 0 Å². The first-order valence-corrected chi connectivity index (χ1v) is 9.21. The second-order valence-electron chi connectivity index (χ2n) is 5.92. The first-order valence-electron chi connectivity index (χ1n) is 9.21. The van der Waals surface area contributed by atoms with Gasteiger partial charge in [0.15, 0.2) is 0 Å². The summed E-state index contributed by atoms with van der Waals surface area (Å²) in [5, 5.41) is 37.7. The van der Waals surface area contributed by atoms with E-state index in [0.29, 0.717) is 19.3 Å². The zero-order valence-electron chi connectivity index (χ0n) is 15.9. The maximum Gasteiger partial charge on any atom is 0.303 e. The van der Waals surface area contributed by atoms with Gasteiger partial charge in [0.25, 0.3) is 0 Å². The van der Waals surface area contributed by atoms with Gasteiger partial charge < -0.3 is 20.4 Å². The maximum absolute atomic E-state index is 10.3. The van der Waals surface area contributed by atoms with E-state index in [1.54, 1.807) is 54.7 Å². The van der Waals surface area contributed by atoms with Crippen LogP contribution in [0.1, 0.15) is 39.0 Å². The number of allylic oxidation sites excluding steroid dienone is 8. The van der Waals surface area contributed by atoms with Crippen molar-refractivity contribution in [2.45, 2.75) is 57.3 Å². The number of aliphatic carboxylic acids is 1. The molecule has 3 atom stereocenters. The quantitative estimate of drug-likeness (QED) is 0.275. The third-order valence-electron chi connectivity index (χ3n) is 3.44. The number of aliphatic hydroxyl groups is 3. The molecule has 0 aliphatic heterocycles. The van der Waals surface area contributed by atoms with Crippen LogP contribution in [0.25, 0.3) is 0 Å². The van der Waals surface area contributed by atoms with Gasteiger partial charge in [0, 0.05) is 6.42 Å². The highest BCUT2D eigenvalue weighted by Crippen LogP contribution is 2.03. The lowest BCUT2D eigenvalue weighted by atomic mass is 10.1. The SMILES string of the molecule is CC/C=C\C[C@H](O)C(O)/C=C/C=C/C=C\C=C\[C@@H](O)C/C=C\CCC(=O)O. The van der Waals surface area contributed by atoms with Crippen molar-refractivity contribution >= 4 is 5.97 Å². The molecule has 0 spiro atoms. The number of carbonyl (C=O) groups is 1. The summed E-state index contributed by atoms with van der Waals surface area (Å²) in [5.41, 5.74) is 0. The Bertz CT molecular complexity index is 555. The molecule has 0 radical (unpaired) electrons. The predicted octanol–water partition coefficient (Wildman–Crippen LogP) is 3.46. The van der Waals surface area contributed by atoms with Crippen molar-refractivity contribution in [1.82, 2.24) is 0 Å². The van der Waals surface area contributed by atoms with E-state index in [0.717, 1.165) is 6.42 Å². The van der Waals surface area contributed by atoms with Crippen LogP contribution in [-0.2, 0) is 4.79 Å². The van der Waals surface area contributed by atoms with E-state index in [9.17, 15) is 20.1 Å². The molecule has 0 saturated carbocycles. The van der Waals surface area contributed by atoms with Crippen molar-refractivity contribution in [2.75, 3.05) is 0 Å². The average Bonchev–Trinajstić information content (AvgIpc) is 2.63. The van der Waals surface area contributed by atoms with Crippen molar-refractivity contribution in [2.24, 2.45) is 0 Å². The molecule has 0 aromatic carbocycles. The molecule has 0 amide bonds. The molecule has 0 aromatic heterocycles. The van der Waals surface area contributed by atoms with Crippen molar-refractivity contribution in [3.63, 3.8) is 0 Å². The van der Waals surface area contributed by atoms with Crippen LogP contribution in [0.2, 0.25) is 0 Å². The minimum absolute atomic E-state index is 0.0951. The third-order valence-corrected chi connectivity index (χ3v) is 3.44. The number of rotatable bonds is 14. The first kappa shape index (κ1) is 24.8. The molecule has 5 heteroatoms. The average molecular weight is 376 g/mol. The van der Waals surface area contributed by atoms with Crippen molar-refractivity contribution in [3.05, 3.63) is 72.9 Å². The summed E-state index contributed by atoms with van der Waals surface area (Å²) in [6.45, 7) is 2.01. The molecule has 0 rings (SSSR count). The zero-order valence-corrected chi connectivity index (χ0v) is 15.9. The highest BCUT2D eigenvalue weighted by molar-refractivity contribution is 5.66. The summed E-state index contributed by atoms with van der Waals surface area (Å²) in [6.07, 6.45) is 21.0. The molecule has 27 heavy (non-hydrogen) atoms. The molecule has 4 N–H and O–H groups in total. The Morgan fingerprint density at radius 2 is 1.41 bits per heavy atom. The van der Waals surface area contributed by atoms with Gasteiger partial charge in [-0.1, -0.05) is 79.8 Å². The number of hydrogen-bond acceptors (Lipinski definition) is 4. The summed E-state index contributed by atoms with van der Waals surface area (Å²) in [4.78, 5) is 10.3. The smallest absolute Gasteiger partial charge is 0.303 e. The fourth-order valence-corrected chi connectivity index (χ4v) is 1.94. The minimum Gasteiger partial charge on any atom is -0.481 e. The molecule has 0 aromatic rings. The molecule has 150 valence electrons. The Labute approximate surface area is 162 Å². The summed E-state index contributed by atoms with van der Waals surface area (Å²) in [7, 11) is 0. The van der Waals surface area contributed by atoms with Gasteiger partial charge in [-0.3, -0.25) is 4.79 Å². The number of carboxylic acids is 1. The molecule has 1 unspecified atom stereocenters. The Morgan fingerprint density at radius 1 is 0.815 bits per heavy atom. The van der Waals surface area contributed by atoms with Gasteiger partial charge in [-0.05, 0) is 25.7 Å². The molecule has 0 aliphatic rings. The van der Waals surface area contributed by atoms with Crippen LogP contribution < -0.4 is 0 Å². The van der Waals surface area contributed by atoms with E-state index >= 15 is 0 Å². The molecular formula is C22H32O5. The van der Waals surface area contributed by atoms with Crippen LogP contribution in [0.3, 0.4) is 0 Å². The largest absolute Gasteiger partial charge is 0.481 e. The zero-order chi connectivity index (χ0) is 20.3. The van der Waals surface area contributed by atoms with Crippen LogP contribution in [0.5, 0.6) is 0 Å². The molecule has 5 nitrogen and oxygen atoms in total. The van der Waals surface area contributed by atoms with Crippen molar-refractivity contribution in [1.29, 1.82) is 0 Å². The summed E-state index contributed by atoms with van der Waals surface area (Å²) in [6, 6.07) is 0. The topological polar surface area (TPSA) is 98.0 Å². The fraction of sp³-hybridized carbons (Fsp3) is 0.409. The predicted molar refractivity (Wildman–Crippen MR) is 109 cm³/mol. The van der Waals surface area contributed by atoms with Crippen molar-refractivity contribution in [3.8, 4) is 0 Å². The van der Waals surface area contributed by atoms with Crippen molar-refractivity contribution < 1.29 is 25.2 Å². The Morgan fingerprint density at radius 3 is 2.04 bits per heavy atom. The first-order chi connectivity index (χ1) is 13.0. The number of aliphatic hydroxyl groups excluding tert-OH is 3. The van der Waals surface area contributed by atoms with Gasteiger partial charge in [0.2, 0.25) is 0 Å². The summed E-state index contributed by atoms with van der Waals surface area (Å²) >= 11 is 0. The lowest BCUT2D eigenvalue weighted by molar-refractivity contribution is -0.136. The second-order valence-corrected chi connectivity index (χ2v) is 5.92. The molecule has 0 heterocycles. The molecule has 0 fully saturated rings. The standard InChI is InChI=1S/C22H32O5/c1-2-3-9-16-20(24)21(25)17-12-7-5-4-6-10-14-19(23)15-11-8-13-18-22(26)27/h3-12,14,17,19-21,23-25H,2,13,15-16,18H2,1H3,(H,26,27)/b6-4-,7-5+,9-3-,11-8-,14-10+,17-12+/t19-,20+,21?/m1/s1. The van der Waals surface area contributed by atoms with Crippen LogP contribution in [-0.4, -0.2) is 44.7 Å². The van der Waals surface area contributed by atoms with Crippen LogP contribution in [0.4, 0.5) is 0 Å². The summed E-state index contributed by atoms with van der Waals surface area (Å²) < 4.78 is 0. The van der Waals surface area contributed by atoms with E-state index < -0.39 is 24.3 Å². The Balaban J connectivity index is 4.03. The van der Waals surface area contributed by atoms with Gasteiger partial charge >= 0.3 is 5.97 Å². The molecule has 0 aliphatic carbocycles. The second kappa shape index (κ2) is 17.2. The monoisotopic (exact) mass is 376 g/mol. The van der Waals surface area contributed by atoms with Gasteiger partial charge in [0.1, 0.15) is 0 Å². The van der Waals surface area contributed by atoms with Gasteiger partial charge in [-0.25, -0.2) is 0 Å². The highest BCUT2D eigenvalue weighted by atomic mass is 16.4. The Kier molecular flexibility index (Phi) is 15.8. The normalized spacial score (nSPS) is 16.6. The molecule has 0 bridgehead atoms. The maximum atomic E-state index is 10.3. The van der Waals surface area contributed by atoms with Crippen LogP contribution in [0, 0.1) is 0 Å². The highest BCUT2D eigenvalue weighted by Gasteiger charge is 2.10. The number of carboxylic acid groups (broad SMARTS) is 1. The molecular weight excluding hydrogens is 344 g/mol. The third kappa shape index (κ3) is 17.0. The fourth-order valence-electron chi connectivity index (χ4n) is 1.94. The Hall–Kier alpha value is -2.21. The number of hydrogen-bond donors (Lipinski definition) is 4. The lowest BCUT2D eigenvalue weighted by Gasteiger charge is -2.11. The van der Waals surface area contributed by atoms with E-state index in [4.69, 9.17) is 5.11 Å². The van der Waals surface area contributed by atoms with E-state index in [1.165, 1.54) is 6.08 Å². The minimum atomic E-state index is -0.904. The lowest BCUT2D eigenvalue weighted by Crippen LogP contribution is -2.22. The van der Waals surface area contributed by atoms with E-state index in [-0.39, 0.29) is 6.42 Å². The van der Waals surface area contributed by atoms with E-state index in [1.807, 2.05) is 19.1 Å². The van der Waals surface area contributed by atoms with Gasteiger partial charge in [0.05, 0.1) is 18.3 Å². The van der Waals surface area contributed by atoms with Gasteiger partial charge in [-0.2, -0.15) is 0 Å². The van der Waals surface area contributed by atoms with Gasteiger partial charge in [-0.15, -0.1) is 0 Å². The molecule has 0 saturated heterocycles. The van der Waals surface area contributed by atoms with Crippen LogP contribution in [0.15, 0.2) is 72.9 Å². The summed E-state index contributed by atoms with van der Waals surface area (Å²) in [5.74, 6) is -0.831. The van der Waals surface area contributed by atoms with Crippen LogP contribution >= 0.6 is 0 Å².